The molecule has 3 heteroatoms. The predicted molar refractivity (Wildman–Crippen MR) is 76.7 cm³/mol. The van der Waals surface area contributed by atoms with Crippen LogP contribution in [0.4, 0.5) is 4.39 Å². The molecule has 3 aromatic rings. The Bertz CT molecular complexity index is 669. The number of rotatable bonds is 1. The first-order valence-corrected chi connectivity index (χ1v) is 6.44. The second kappa shape index (κ2) is 5.65. The van der Waals surface area contributed by atoms with Crippen molar-refractivity contribution >= 4 is 5.65 Å². The van der Waals surface area contributed by atoms with Gasteiger partial charge in [-0.1, -0.05) is 19.9 Å². The average Bonchev–Trinajstić information content (AvgIpc) is 2.84. The molecule has 0 saturated carbocycles. The quantitative estimate of drug-likeness (QED) is 0.627. The van der Waals surface area contributed by atoms with Crippen LogP contribution >= 0.6 is 0 Å². The molecule has 0 aliphatic rings. The number of nitrogens with zero attached hydrogens (tertiary/aromatic N) is 2. The van der Waals surface area contributed by atoms with Gasteiger partial charge in [0.15, 0.2) is 0 Å². The van der Waals surface area contributed by atoms with E-state index < -0.39 is 0 Å². The van der Waals surface area contributed by atoms with Crippen LogP contribution in [-0.4, -0.2) is 9.38 Å². The SMILES string of the molecule is CC.Cc1ccc2nc(-c3ccc(F)cc3)cn2c1. The van der Waals surface area contributed by atoms with Crippen molar-refractivity contribution in [1.29, 1.82) is 0 Å². The highest BCUT2D eigenvalue weighted by Gasteiger charge is 2.04. The molecule has 0 aliphatic heterocycles. The molecule has 0 aliphatic carbocycles. The summed E-state index contributed by atoms with van der Waals surface area (Å²) in [5.74, 6) is -0.228. The van der Waals surface area contributed by atoms with Crippen LogP contribution < -0.4 is 0 Å². The lowest BCUT2D eigenvalue weighted by molar-refractivity contribution is 0.628. The van der Waals surface area contributed by atoms with E-state index in [0.717, 1.165) is 16.9 Å². The van der Waals surface area contributed by atoms with Gasteiger partial charge in [0, 0.05) is 18.0 Å². The van der Waals surface area contributed by atoms with Crippen LogP contribution in [0, 0.1) is 12.7 Å². The number of imidazole rings is 1. The molecule has 2 aromatic heterocycles. The van der Waals surface area contributed by atoms with Crippen molar-refractivity contribution in [3.63, 3.8) is 0 Å². The molecule has 2 heterocycles. The lowest BCUT2D eigenvalue weighted by atomic mass is 10.2. The smallest absolute Gasteiger partial charge is 0.137 e. The Morgan fingerprint density at radius 2 is 1.63 bits per heavy atom. The summed E-state index contributed by atoms with van der Waals surface area (Å²) in [6.07, 6.45) is 3.98. The zero-order valence-electron chi connectivity index (χ0n) is 11.4. The highest BCUT2D eigenvalue weighted by atomic mass is 19.1. The molecule has 0 saturated heterocycles. The first kappa shape index (κ1) is 13.3. The molecule has 3 rings (SSSR count). The molecular weight excluding hydrogens is 239 g/mol. The maximum atomic E-state index is 12.8. The zero-order chi connectivity index (χ0) is 13.8. The number of benzene rings is 1. The van der Waals surface area contributed by atoms with Crippen LogP contribution in [0.5, 0.6) is 0 Å². The maximum Gasteiger partial charge on any atom is 0.137 e. The standard InChI is InChI=1S/C14H11FN2.C2H6/c1-10-2-7-14-16-13(9-17(14)8-10)11-3-5-12(15)6-4-11;1-2/h2-9H,1H3;1-2H3. The summed E-state index contributed by atoms with van der Waals surface area (Å²) in [4.78, 5) is 4.49. The van der Waals surface area contributed by atoms with Gasteiger partial charge in [-0.2, -0.15) is 0 Å². The number of halogens is 1. The Hall–Kier alpha value is -2.16. The van der Waals surface area contributed by atoms with E-state index in [1.54, 1.807) is 12.1 Å². The molecule has 0 radical (unpaired) electrons. The summed E-state index contributed by atoms with van der Waals surface area (Å²) in [7, 11) is 0. The largest absolute Gasteiger partial charge is 0.306 e. The maximum absolute atomic E-state index is 12.8. The lowest BCUT2D eigenvalue weighted by Crippen LogP contribution is -1.82. The highest BCUT2D eigenvalue weighted by Crippen LogP contribution is 2.19. The molecule has 0 amide bonds. The van der Waals surface area contributed by atoms with Gasteiger partial charge >= 0.3 is 0 Å². The Morgan fingerprint density at radius 3 is 2.32 bits per heavy atom. The van der Waals surface area contributed by atoms with E-state index >= 15 is 0 Å². The molecule has 0 spiro atoms. The number of fused-ring (bicyclic) bond motifs is 1. The van der Waals surface area contributed by atoms with Crippen molar-refractivity contribution in [3.05, 3.63) is 60.2 Å². The van der Waals surface area contributed by atoms with E-state index in [1.807, 2.05) is 49.7 Å². The van der Waals surface area contributed by atoms with Gasteiger partial charge in [0.1, 0.15) is 11.5 Å². The number of aryl methyl sites for hydroxylation is 1. The summed E-state index contributed by atoms with van der Waals surface area (Å²) >= 11 is 0. The van der Waals surface area contributed by atoms with Crippen LogP contribution in [-0.2, 0) is 0 Å². The fourth-order valence-electron chi connectivity index (χ4n) is 1.86. The third-order valence-electron chi connectivity index (χ3n) is 2.74. The number of hydrogen-bond donors (Lipinski definition) is 0. The normalized spacial score (nSPS) is 10.1. The number of pyridine rings is 1. The van der Waals surface area contributed by atoms with E-state index in [4.69, 9.17) is 0 Å². The minimum Gasteiger partial charge on any atom is -0.306 e. The number of hydrogen-bond acceptors (Lipinski definition) is 1. The van der Waals surface area contributed by atoms with Crippen molar-refractivity contribution in [3.8, 4) is 11.3 Å². The summed E-state index contributed by atoms with van der Waals surface area (Å²) in [6.45, 7) is 6.04. The van der Waals surface area contributed by atoms with Gasteiger partial charge in [0.25, 0.3) is 0 Å². The van der Waals surface area contributed by atoms with E-state index in [0.29, 0.717) is 0 Å². The Kier molecular flexibility index (Phi) is 3.95. The van der Waals surface area contributed by atoms with E-state index in [9.17, 15) is 4.39 Å². The molecule has 0 fully saturated rings. The van der Waals surface area contributed by atoms with Gasteiger partial charge in [-0.3, -0.25) is 0 Å². The van der Waals surface area contributed by atoms with Crippen molar-refractivity contribution in [2.75, 3.05) is 0 Å². The fourth-order valence-corrected chi connectivity index (χ4v) is 1.86. The molecule has 0 bridgehead atoms. The van der Waals surface area contributed by atoms with Gasteiger partial charge < -0.3 is 4.40 Å². The molecule has 2 nitrogen and oxygen atoms in total. The predicted octanol–water partition coefficient (Wildman–Crippen LogP) is 4.48. The van der Waals surface area contributed by atoms with Gasteiger partial charge in [-0.05, 0) is 42.8 Å². The molecular formula is C16H17FN2. The van der Waals surface area contributed by atoms with Gasteiger partial charge in [0.05, 0.1) is 5.69 Å². The minimum atomic E-state index is -0.228. The summed E-state index contributed by atoms with van der Waals surface area (Å²) in [6, 6.07) is 10.4. The minimum absolute atomic E-state index is 0.228. The van der Waals surface area contributed by atoms with Crippen molar-refractivity contribution in [2.45, 2.75) is 20.8 Å². The van der Waals surface area contributed by atoms with E-state index in [1.165, 1.54) is 17.7 Å². The Balaban J connectivity index is 0.000000637. The highest BCUT2D eigenvalue weighted by molar-refractivity contribution is 5.62. The van der Waals surface area contributed by atoms with Crippen molar-refractivity contribution in [1.82, 2.24) is 9.38 Å². The zero-order valence-corrected chi connectivity index (χ0v) is 11.4. The molecule has 0 atom stereocenters. The van der Waals surface area contributed by atoms with Crippen molar-refractivity contribution in [2.24, 2.45) is 0 Å². The Labute approximate surface area is 112 Å². The van der Waals surface area contributed by atoms with Crippen LogP contribution in [0.1, 0.15) is 19.4 Å². The van der Waals surface area contributed by atoms with Crippen molar-refractivity contribution < 1.29 is 4.39 Å². The summed E-state index contributed by atoms with van der Waals surface area (Å²) in [5, 5.41) is 0. The molecule has 0 N–H and O–H groups in total. The van der Waals surface area contributed by atoms with Crippen LogP contribution in [0.2, 0.25) is 0 Å². The van der Waals surface area contributed by atoms with Gasteiger partial charge in [-0.15, -0.1) is 0 Å². The Morgan fingerprint density at radius 1 is 0.947 bits per heavy atom. The third kappa shape index (κ3) is 2.81. The first-order chi connectivity index (χ1) is 9.22. The van der Waals surface area contributed by atoms with Crippen LogP contribution in [0.15, 0.2) is 48.8 Å². The molecule has 19 heavy (non-hydrogen) atoms. The van der Waals surface area contributed by atoms with Crippen LogP contribution in [0.3, 0.4) is 0 Å². The second-order valence-electron chi connectivity index (χ2n) is 4.10. The molecule has 1 aromatic carbocycles. The lowest BCUT2D eigenvalue weighted by Gasteiger charge is -1.94. The summed E-state index contributed by atoms with van der Waals surface area (Å²) < 4.78 is 14.8. The van der Waals surface area contributed by atoms with E-state index in [2.05, 4.69) is 4.98 Å². The fraction of sp³-hybridized carbons (Fsp3) is 0.188. The van der Waals surface area contributed by atoms with Gasteiger partial charge in [-0.25, -0.2) is 9.37 Å². The first-order valence-electron chi connectivity index (χ1n) is 6.44. The van der Waals surface area contributed by atoms with Gasteiger partial charge in [0.2, 0.25) is 0 Å². The third-order valence-corrected chi connectivity index (χ3v) is 2.74. The summed E-state index contributed by atoms with van der Waals surface area (Å²) in [5.41, 5.74) is 3.86. The number of aromatic nitrogens is 2. The second-order valence-corrected chi connectivity index (χ2v) is 4.10. The van der Waals surface area contributed by atoms with Crippen LogP contribution in [0.25, 0.3) is 16.9 Å². The molecule has 0 unspecified atom stereocenters. The topological polar surface area (TPSA) is 17.3 Å². The average molecular weight is 256 g/mol. The van der Waals surface area contributed by atoms with E-state index in [-0.39, 0.29) is 5.82 Å². The molecule has 98 valence electrons. The monoisotopic (exact) mass is 256 g/mol.